The van der Waals surface area contributed by atoms with Crippen molar-refractivity contribution in [2.75, 3.05) is 31.6 Å². The standard InChI is InChI=1S/C23H26N2O3S/c1-16-5-10-22-21(15-16)19-3-2-4-20(19)23(24-22)17-6-8-18(9-7-17)29(26,27)25-11-13-28-14-12-25/h2-3,5-10,15,19-20,23-24H,4,11-14H2,1H3/t19-,20+,23+/m1/s1. The van der Waals surface area contributed by atoms with E-state index in [1.54, 1.807) is 12.1 Å². The van der Waals surface area contributed by atoms with E-state index < -0.39 is 10.0 Å². The normalized spacial score (nSPS) is 26.6. The van der Waals surface area contributed by atoms with Crippen LogP contribution in [0.5, 0.6) is 0 Å². The first-order chi connectivity index (χ1) is 14.0. The van der Waals surface area contributed by atoms with Gasteiger partial charge in [-0.05, 0) is 48.6 Å². The SMILES string of the molecule is Cc1ccc2c(c1)[C@@H]1C=CC[C@@H]1[C@H](c1ccc(S(=O)(=O)N3CCOCC3)cc1)N2. The lowest BCUT2D eigenvalue weighted by atomic mass is 9.77. The van der Waals surface area contributed by atoms with E-state index in [1.165, 1.54) is 21.1 Å². The monoisotopic (exact) mass is 410 g/mol. The number of sulfonamides is 1. The van der Waals surface area contributed by atoms with Gasteiger partial charge >= 0.3 is 0 Å². The fraction of sp³-hybridized carbons (Fsp3) is 0.391. The number of hydrogen-bond acceptors (Lipinski definition) is 4. The molecular formula is C23H26N2O3S. The van der Waals surface area contributed by atoms with Crippen LogP contribution in [-0.4, -0.2) is 39.0 Å². The van der Waals surface area contributed by atoms with E-state index in [-0.39, 0.29) is 6.04 Å². The van der Waals surface area contributed by atoms with E-state index in [4.69, 9.17) is 4.74 Å². The predicted molar refractivity (Wildman–Crippen MR) is 114 cm³/mol. The molecule has 0 unspecified atom stereocenters. The molecule has 1 N–H and O–H groups in total. The minimum atomic E-state index is -3.46. The van der Waals surface area contributed by atoms with Crippen molar-refractivity contribution >= 4 is 15.7 Å². The topological polar surface area (TPSA) is 58.6 Å². The zero-order chi connectivity index (χ0) is 20.0. The Balaban J connectivity index is 1.44. The number of hydrogen-bond donors (Lipinski definition) is 1. The van der Waals surface area contributed by atoms with Crippen molar-refractivity contribution in [3.05, 3.63) is 71.3 Å². The molecule has 3 atom stereocenters. The second-order valence-electron chi connectivity index (χ2n) is 8.15. The van der Waals surface area contributed by atoms with Crippen LogP contribution in [0.2, 0.25) is 0 Å². The van der Waals surface area contributed by atoms with E-state index in [0.29, 0.717) is 43.0 Å². The smallest absolute Gasteiger partial charge is 0.243 e. The number of ether oxygens (including phenoxy) is 1. The fourth-order valence-corrected chi connectivity index (χ4v) is 6.23. The van der Waals surface area contributed by atoms with Crippen LogP contribution in [0, 0.1) is 12.8 Å². The Hall–Kier alpha value is -2.15. The molecule has 5 rings (SSSR count). The van der Waals surface area contributed by atoms with Gasteiger partial charge in [0.25, 0.3) is 0 Å². The molecule has 2 aromatic carbocycles. The van der Waals surface area contributed by atoms with Gasteiger partial charge in [0, 0.05) is 24.7 Å². The zero-order valence-electron chi connectivity index (χ0n) is 16.5. The molecule has 0 bridgehead atoms. The zero-order valence-corrected chi connectivity index (χ0v) is 17.4. The van der Waals surface area contributed by atoms with Crippen LogP contribution >= 0.6 is 0 Å². The third kappa shape index (κ3) is 3.29. The Bertz CT molecular complexity index is 1040. The van der Waals surface area contributed by atoms with Gasteiger partial charge < -0.3 is 10.1 Å². The van der Waals surface area contributed by atoms with Crippen molar-refractivity contribution in [1.82, 2.24) is 4.31 Å². The summed E-state index contributed by atoms with van der Waals surface area (Å²) in [7, 11) is -3.46. The van der Waals surface area contributed by atoms with Gasteiger partial charge in [-0.1, -0.05) is 42.0 Å². The lowest BCUT2D eigenvalue weighted by Gasteiger charge is -2.37. The summed E-state index contributed by atoms with van der Waals surface area (Å²) in [5.41, 5.74) is 4.96. The van der Waals surface area contributed by atoms with Crippen molar-refractivity contribution in [1.29, 1.82) is 0 Å². The Labute approximate surface area is 172 Å². The van der Waals surface area contributed by atoms with Gasteiger partial charge in [0.05, 0.1) is 24.2 Å². The summed E-state index contributed by atoms with van der Waals surface area (Å²) >= 11 is 0. The van der Waals surface area contributed by atoms with E-state index >= 15 is 0 Å². The molecule has 0 aromatic heterocycles. The minimum absolute atomic E-state index is 0.172. The Kier molecular flexibility index (Phi) is 4.73. The number of allylic oxidation sites excluding steroid dienone is 2. The fourth-order valence-electron chi connectivity index (χ4n) is 4.83. The molecule has 0 radical (unpaired) electrons. The van der Waals surface area contributed by atoms with E-state index in [0.717, 1.165) is 12.0 Å². The van der Waals surface area contributed by atoms with Crippen LogP contribution in [0.3, 0.4) is 0 Å². The largest absolute Gasteiger partial charge is 0.379 e. The number of fused-ring (bicyclic) bond motifs is 3. The third-order valence-corrected chi connectivity index (χ3v) is 8.28. The lowest BCUT2D eigenvalue weighted by Crippen LogP contribution is -2.40. The average molecular weight is 411 g/mol. The Morgan fingerprint density at radius 2 is 1.83 bits per heavy atom. The summed E-state index contributed by atoms with van der Waals surface area (Å²) in [5.74, 6) is 0.860. The molecule has 29 heavy (non-hydrogen) atoms. The maximum absolute atomic E-state index is 12.9. The molecular weight excluding hydrogens is 384 g/mol. The molecule has 6 heteroatoms. The van der Waals surface area contributed by atoms with E-state index in [2.05, 4.69) is 42.6 Å². The molecule has 3 aliphatic rings. The molecule has 1 fully saturated rings. The van der Waals surface area contributed by atoms with Crippen LogP contribution in [-0.2, 0) is 14.8 Å². The summed E-state index contributed by atoms with van der Waals surface area (Å²) in [4.78, 5) is 0.357. The molecule has 0 saturated carbocycles. The first-order valence-electron chi connectivity index (χ1n) is 10.3. The van der Waals surface area contributed by atoms with Gasteiger partial charge in [0.2, 0.25) is 10.0 Å². The lowest BCUT2D eigenvalue weighted by molar-refractivity contribution is 0.0730. The number of morpholine rings is 1. The number of benzene rings is 2. The van der Waals surface area contributed by atoms with Crippen molar-refractivity contribution < 1.29 is 13.2 Å². The molecule has 2 aliphatic heterocycles. The van der Waals surface area contributed by atoms with Crippen molar-refractivity contribution in [2.24, 2.45) is 5.92 Å². The third-order valence-electron chi connectivity index (χ3n) is 6.37. The molecule has 1 saturated heterocycles. The molecule has 2 aromatic rings. The van der Waals surface area contributed by atoms with Crippen LogP contribution in [0.25, 0.3) is 0 Å². The van der Waals surface area contributed by atoms with Gasteiger partial charge in [-0.25, -0.2) is 8.42 Å². The van der Waals surface area contributed by atoms with Gasteiger partial charge in [-0.15, -0.1) is 0 Å². The van der Waals surface area contributed by atoms with E-state index in [1.807, 2.05) is 12.1 Å². The van der Waals surface area contributed by atoms with Crippen molar-refractivity contribution in [3.63, 3.8) is 0 Å². The van der Waals surface area contributed by atoms with Gasteiger partial charge in [0.15, 0.2) is 0 Å². The van der Waals surface area contributed by atoms with Gasteiger partial charge in [-0.2, -0.15) is 4.31 Å². The molecule has 0 amide bonds. The number of anilines is 1. The highest BCUT2D eigenvalue weighted by Crippen LogP contribution is 2.49. The first kappa shape index (κ1) is 18.9. The molecule has 2 heterocycles. The highest BCUT2D eigenvalue weighted by molar-refractivity contribution is 7.89. The van der Waals surface area contributed by atoms with Crippen LogP contribution in [0.1, 0.15) is 35.1 Å². The number of nitrogens with one attached hydrogen (secondary N) is 1. The maximum Gasteiger partial charge on any atom is 0.243 e. The predicted octanol–water partition coefficient (Wildman–Crippen LogP) is 3.84. The summed E-state index contributed by atoms with van der Waals surface area (Å²) < 4.78 is 32.6. The first-order valence-corrected chi connectivity index (χ1v) is 11.7. The second kappa shape index (κ2) is 7.27. The summed E-state index contributed by atoms with van der Waals surface area (Å²) in [6.45, 7) is 3.88. The number of rotatable bonds is 3. The Morgan fingerprint density at radius 1 is 1.07 bits per heavy atom. The van der Waals surface area contributed by atoms with Gasteiger partial charge in [0.1, 0.15) is 0 Å². The molecule has 0 spiro atoms. The molecule has 152 valence electrons. The number of nitrogens with zero attached hydrogens (tertiary/aromatic N) is 1. The van der Waals surface area contributed by atoms with Crippen molar-refractivity contribution in [2.45, 2.75) is 30.2 Å². The van der Waals surface area contributed by atoms with Crippen LogP contribution in [0.4, 0.5) is 5.69 Å². The van der Waals surface area contributed by atoms with Gasteiger partial charge in [-0.3, -0.25) is 0 Å². The van der Waals surface area contributed by atoms with E-state index in [9.17, 15) is 8.42 Å². The average Bonchev–Trinajstić information content (AvgIpc) is 3.24. The van der Waals surface area contributed by atoms with Crippen LogP contribution < -0.4 is 5.32 Å². The second-order valence-corrected chi connectivity index (χ2v) is 10.1. The molecule has 1 aliphatic carbocycles. The Morgan fingerprint density at radius 3 is 2.59 bits per heavy atom. The molecule has 5 nitrogen and oxygen atoms in total. The summed E-state index contributed by atoms with van der Waals surface area (Å²) in [6.07, 6.45) is 5.64. The summed E-state index contributed by atoms with van der Waals surface area (Å²) in [6, 6.07) is 14.2. The quantitative estimate of drug-likeness (QED) is 0.781. The maximum atomic E-state index is 12.9. The summed E-state index contributed by atoms with van der Waals surface area (Å²) in [5, 5.41) is 3.72. The highest BCUT2D eigenvalue weighted by Gasteiger charge is 2.38. The van der Waals surface area contributed by atoms with Crippen molar-refractivity contribution in [3.8, 4) is 0 Å². The number of aryl methyl sites for hydroxylation is 1. The highest BCUT2D eigenvalue weighted by atomic mass is 32.2. The minimum Gasteiger partial charge on any atom is -0.379 e. The van der Waals surface area contributed by atoms with Crippen LogP contribution in [0.15, 0.2) is 59.5 Å².